The molecule has 0 spiro atoms. The molecule has 0 N–H and O–H groups in total. The third kappa shape index (κ3) is 3.14. The van der Waals surface area contributed by atoms with Gasteiger partial charge in [0.15, 0.2) is 0 Å². The van der Waals surface area contributed by atoms with Crippen LogP contribution in [0.25, 0.3) is 0 Å². The van der Waals surface area contributed by atoms with Crippen LogP contribution in [0.1, 0.15) is 6.42 Å². The quantitative estimate of drug-likeness (QED) is 0.775. The van der Waals surface area contributed by atoms with Crippen molar-refractivity contribution in [1.29, 1.82) is 5.26 Å². The Bertz CT molecular complexity index is 577. The lowest BCUT2D eigenvalue weighted by molar-refractivity contribution is -0.134. The molecule has 1 aliphatic heterocycles. The van der Waals surface area contributed by atoms with Crippen LogP contribution >= 0.6 is 0 Å². The van der Waals surface area contributed by atoms with E-state index in [-0.39, 0.29) is 24.8 Å². The number of benzene rings is 1. The van der Waals surface area contributed by atoms with E-state index in [1.807, 2.05) is 6.07 Å². The van der Waals surface area contributed by atoms with E-state index < -0.39 is 5.92 Å². The number of amides is 2. The Labute approximate surface area is 123 Å². The number of carbonyl (C=O) groups is 2. The summed E-state index contributed by atoms with van der Waals surface area (Å²) in [6.45, 7) is 0.381. The molecule has 1 saturated heterocycles. The molecule has 6 heteroatoms. The topological polar surface area (TPSA) is 73.6 Å². The number of methoxy groups -OCH3 is 1. The van der Waals surface area contributed by atoms with Crippen molar-refractivity contribution in [3.05, 3.63) is 24.3 Å². The Kier molecular flexibility index (Phi) is 4.43. The smallest absolute Gasteiger partial charge is 0.228 e. The number of carbonyl (C=O) groups excluding carboxylic acids is 2. The van der Waals surface area contributed by atoms with Crippen molar-refractivity contribution >= 4 is 17.5 Å². The van der Waals surface area contributed by atoms with Gasteiger partial charge in [0.1, 0.15) is 12.3 Å². The van der Waals surface area contributed by atoms with E-state index in [4.69, 9.17) is 10.00 Å². The molecule has 6 nitrogen and oxygen atoms in total. The van der Waals surface area contributed by atoms with Gasteiger partial charge >= 0.3 is 0 Å². The zero-order valence-electron chi connectivity index (χ0n) is 12.1. The number of ether oxygens (including phenoxy) is 1. The van der Waals surface area contributed by atoms with Gasteiger partial charge < -0.3 is 14.5 Å². The van der Waals surface area contributed by atoms with Crippen molar-refractivity contribution in [1.82, 2.24) is 4.90 Å². The van der Waals surface area contributed by atoms with Crippen molar-refractivity contribution in [2.75, 3.05) is 32.1 Å². The second-order valence-corrected chi connectivity index (χ2v) is 4.96. The van der Waals surface area contributed by atoms with Crippen molar-refractivity contribution in [3.63, 3.8) is 0 Å². The fraction of sp³-hybridized carbons (Fsp3) is 0.400. The minimum Gasteiger partial charge on any atom is -0.497 e. The molecule has 0 aromatic heterocycles. The summed E-state index contributed by atoms with van der Waals surface area (Å²) < 4.78 is 5.08. The molecule has 2 amide bonds. The Morgan fingerprint density at radius 2 is 2.14 bits per heavy atom. The Morgan fingerprint density at radius 1 is 1.48 bits per heavy atom. The van der Waals surface area contributed by atoms with E-state index in [1.54, 1.807) is 43.3 Å². The predicted molar refractivity (Wildman–Crippen MR) is 76.7 cm³/mol. The lowest BCUT2D eigenvalue weighted by atomic mass is 10.1. The predicted octanol–water partition coefficient (Wildman–Crippen LogP) is 1.03. The lowest BCUT2D eigenvalue weighted by Gasteiger charge is -2.19. The van der Waals surface area contributed by atoms with E-state index >= 15 is 0 Å². The molecule has 1 aromatic rings. The summed E-state index contributed by atoms with van der Waals surface area (Å²) in [6.07, 6.45) is 0.181. The summed E-state index contributed by atoms with van der Waals surface area (Å²) in [5.41, 5.74) is 0.749. The van der Waals surface area contributed by atoms with Gasteiger partial charge in [-0.1, -0.05) is 0 Å². The van der Waals surface area contributed by atoms with Crippen molar-refractivity contribution in [2.45, 2.75) is 6.42 Å². The maximum absolute atomic E-state index is 12.1. The largest absolute Gasteiger partial charge is 0.497 e. The summed E-state index contributed by atoms with van der Waals surface area (Å²) in [6, 6.07) is 9.07. The standard InChI is InChI=1S/C15H17N3O3/c1-17(8-7-16)15(20)11-9-14(19)18(10-11)12-3-5-13(21-2)6-4-12/h3-6,11H,8-10H2,1-2H3. The fourth-order valence-electron chi connectivity index (χ4n) is 2.38. The first-order chi connectivity index (χ1) is 10.1. The molecule has 1 aliphatic rings. The van der Waals surface area contributed by atoms with Crippen LogP contribution in [0.5, 0.6) is 5.75 Å². The first kappa shape index (κ1) is 14.9. The highest BCUT2D eigenvalue weighted by Gasteiger charge is 2.36. The van der Waals surface area contributed by atoms with E-state index in [2.05, 4.69) is 0 Å². The van der Waals surface area contributed by atoms with E-state index in [0.29, 0.717) is 12.3 Å². The summed E-state index contributed by atoms with van der Waals surface area (Å²) in [5.74, 6) is 0.0783. The third-order valence-electron chi connectivity index (χ3n) is 3.54. The Balaban J connectivity index is 2.08. The van der Waals surface area contributed by atoms with Crippen LogP contribution in [0.2, 0.25) is 0 Å². The van der Waals surface area contributed by atoms with Gasteiger partial charge in [-0.2, -0.15) is 5.26 Å². The number of hydrogen-bond acceptors (Lipinski definition) is 4. The van der Waals surface area contributed by atoms with Gasteiger partial charge in [0, 0.05) is 25.7 Å². The third-order valence-corrected chi connectivity index (χ3v) is 3.54. The van der Waals surface area contributed by atoms with Crippen LogP contribution in [0.3, 0.4) is 0 Å². The first-order valence-electron chi connectivity index (χ1n) is 6.63. The molecule has 2 rings (SSSR count). The van der Waals surface area contributed by atoms with E-state index in [9.17, 15) is 9.59 Å². The second kappa shape index (κ2) is 6.27. The molecule has 0 bridgehead atoms. The van der Waals surface area contributed by atoms with Gasteiger partial charge in [0.05, 0.1) is 19.1 Å². The number of hydrogen-bond donors (Lipinski definition) is 0. The molecule has 110 valence electrons. The molecule has 1 aromatic carbocycles. The second-order valence-electron chi connectivity index (χ2n) is 4.96. The van der Waals surface area contributed by atoms with E-state index in [0.717, 1.165) is 5.69 Å². The van der Waals surface area contributed by atoms with Crippen LogP contribution in [-0.2, 0) is 9.59 Å². The number of anilines is 1. The highest BCUT2D eigenvalue weighted by molar-refractivity contribution is 6.00. The summed E-state index contributed by atoms with van der Waals surface area (Å²) in [4.78, 5) is 27.2. The molecular formula is C15H17N3O3. The lowest BCUT2D eigenvalue weighted by Crippen LogP contribution is -2.34. The number of nitrogens with zero attached hydrogens (tertiary/aromatic N) is 3. The molecular weight excluding hydrogens is 270 g/mol. The molecule has 1 heterocycles. The summed E-state index contributed by atoms with van der Waals surface area (Å²) >= 11 is 0. The average molecular weight is 287 g/mol. The van der Waals surface area contributed by atoms with Crippen LogP contribution < -0.4 is 9.64 Å². The maximum Gasteiger partial charge on any atom is 0.228 e. The Hall–Kier alpha value is -2.55. The highest BCUT2D eigenvalue weighted by Crippen LogP contribution is 2.27. The minimum atomic E-state index is -0.391. The van der Waals surface area contributed by atoms with Gasteiger partial charge in [0.25, 0.3) is 0 Å². The van der Waals surface area contributed by atoms with Crippen molar-refractivity contribution < 1.29 is 14.3 Å². The van der Waals surface area contributed by atoms with Gasteiger partial charge in [-0.05, 0) is 24.3 Å². The number of rotatable bonds is 4. The molecule has 0 aliphatic carbocycles. The summed E-state index contributed by atoms with van der Waals surface area (Å²) in [5, 5.41) is 8.63. The zero-order chi connectivity index (χ0) is 15.4. The van der Waals surface area contributed by atoms with Crippen molar-refractivity contribution in [2.24, 2.45) is 5.92 Å². The van der Waals surface area contributed by atoms with Crippen LogP contribution in [0.4, 0.5) is 5.69 Å². The van der Waals surface area contributed by atoms with Gasteiger partial charge in [0.2, 0.25) is 11.8 Å². The van der Waals surface area contributed by atoms with Crippen LogP contribution in [-0.4, -0.2) is 44.0 Å². The van der Waals surface area contributed by atoms with Crippen LogP contribution in [0, 0.1) is 17.2 Å². The molecule has 1 fully saturated rings. The minimum absolute atomic E-state index is 0.0338. The Morgan fingerprint density at radius 3 is 2.71 bits per heavy atom. The SMILES string of the molecule is COc1ccc(N2CC(C(=O)N(C)CC#N)CC2=O)cc1. The normalized spacial score (nSPS) is 17.5. The fourth-order valence-corrected chi connectivity index (χ4v) is 2.38. The number of nitriles is 1. The van der Waals surface area contributed by atoms with Crippen molar-refractivity contribution in [3.8, 4) is 11.8 Å². The molecule has 21 heavy (non-hydrogen) atoms. The van der Waals surface area contributed by atoms with Crippen LogP contribution in [0.15, 0.2) is 24.3 Å². The van der Waals surface area contributed by atoms with Gasteiger partial charge in [-0.3, -0.25) is 9.59 Å². The highest BCUT2D eigenvalue weighted by atomic mass is 16.5. The molecule has 1 unspecified atom stereocenters. The average Bonchev–Trinajstić information content (AvgIpc) is 2.88. The monoisotopic (exact) mass is 287 g/mol. The first-order valence-corrected chi connectivity index (χ1v) is 6.63. The maximum atomic E-state index is 12.1. The molecule has 0 saturated carbocycles. The molecule has 1 atom stereocenters. The van der Waals surface area contributed by atoms with Gasteiger partial charge in [-0.25, -0.2) is 0 Å². The summed E-state index contributed by atoms with van der Waals surface area (Å²) in [7, 11) is 3.15. The molecule has 0 radical (unpaired) electrons. The zero-order valence-corrected chi connectivity index (χ0v) is 12.1. The van der Waals surface area contributed by atoms with Gasteiger partial charge in [-0.15, -0.1) is 0 Å². The van der Waals surface area contributed by atoms with E-state index in [1.165, 1.54) is 4.90 Å².